The largest absolute Gasteiger partial charge is 0.385 e. The third-order valence-electron chi connectivity index (χ3n) is 1.85. The summed E-state index contributed by atoms with van der Waals surface area (Å²) in [6.45, 7) is 4.99. The molecule has 0 bridgehead atoms. The quantitative estimate of drug-likeness (QED) is 0.699. The molecule has 13 heavy (non-hydrogen) atoms. The molecule has 0 saturated carbocycles. The standard InChI is InChI=1S/C9H18N2OS/c1-8-6-11-9(13-7-8)10-4-3-5-12-2/h8H,3-7H2,1-2H3,(H,10,11). The molecule has 76 valence electrons. The summed E-state index contributed by atoms with van der Waals surface area (Å²) in [7, 11) is 1.73. The van der Waals surface area contributed by atoms with Crippen LogP contribution in [0, 0.1) is 5.92 Å². The molecular weight excluding hydrogens is 184 g/mol. The zero-order valence-corrected chi connectivity index (χ0v) is 9.19. The molecule has 0 aromatic carbocycles. The fourth-order valence-electron chi connectivity index (χ4n) is 1.08. The number of amidine groups is 1. The van der Waals surface area contributed by atoms with Gasteiger partial charge in [-0.05, 0) is 12.3 Å². The van der Waals surface area contributed by atoms with Crippen LogP contribution in [0.2, 0.25) is 0 Å². The van der Waals surface area contributed by atoms with Gasteiger partial charge in [0.05, 0.1) is 0 Å². The van der Waals surface area contributed by atoms with Gasteiger partial charge < -0.3 is 10.1 Å². The molecule has 1 aliphatic heterocycles. The van der Waals surface area contributed by atoms with E-state index >= 15 is 0 Å². The normalized spacial score (nSPS) is 22.6. The first-order valence-corrected chi connectivity index (χ1v) is 5.71. The van der Waals surface area contributed by atoms with Crippen molar-refractivity contribution in [2.24, 2.45) is 10.9 Å². The lowest BCUT2D eigenvalue weighted by atomic mass is 10.2. The van der Waals surface area contributed by atoms with Crippen LogP contribution in [0.5, 0.6) is 0 Å². The Morgan fingerprint density at radius 3 is 3.15 bits per heavy atom. The first-order chi connectivity index (χ1) is 6.33. The summed E-state index contributed by atoms with van der Waals surface area (Å²) >= 11 is 1.83. The minimum Gasteiger partial charge on any atom is -0.385 e. The summed E-state index contributed by atoms with van der Waals surface area (Å²) in [5, 5.41) is 4.42. The molecule has 0 aromatic heterocycles. The van der Waals surface area contributed by atoms with Gasteiger partial charge in [0, 0.05) is 32.6 Å². The lowest BCUT2D eigenvalue weighted by molar-refractivity contribution is 0.196. The van der Waals surface area contributed by atoms with E-state index in [4.69, 9.17) is 4.74 Å². The van der Waals surface area contributed by atoms with E-state index in [1.54, 1.807) is 7.11 Å². The predicted molar refractivity (Wildman–Crippen MR) is 58.4 cm³/mol. The number of aliphatic imine (C=N–C) groups is 1. The molecule has 1 unspecified atom stereocenters. The molecule has 0 aromatic rings. The fourth-order valence-corrected chi connectivity index (χ4v) is 1.99. The molecule has 1 atom stereocenters. The summed E-state index contributed by atoms with van der Waals surface area (Å²) in [5.41, 5.74) is 0. The Morgan fingerprint density at radius 2 is 2.54 bits per heavy atom. The topological polar surface area (TPSA) is 33.6 Å². The van der Waals surface area contributed by atoms with Crippen LogP contribution in [0.3, 0.4) is 0 Å². The zero-order chi connectivity index (χ0) is 9.52. The number of hydrogen-bond donors (Lipinski definition) is 1. The fraction of sp³-hybridized carbons (Fsp3) is 0.889. The Morgan fingerprint density at radius 1 is 1.69 bits per heavy atom. The molecule has 1 N–H and O–H groups in total. The summed E-state index contributed by atoms with van der Waals surface area (Å²) in [5.74, 6) is 1.92. The second-order valence-electron chi connectivity index (χ2n) is 3.34. The number of methoxy groups -OCH3 is 1. The molecule has 1 heterocycles. The maximum Gasteiger partial charge on any atom is 0.156 e. The minimum atomic E-state index is 0.731. The van der Waals surface area contributed by atoms with E-state index < -0.39 is 0 Å². The van der Waals surface area contributed by atoms with Crippen molar-refractivity contribution in [3.63, 3.8) is 0 Å². The third kappa shape index (κ3) is 4.52. The van der Waals surface area contributed by atoms with Gasteiger partial charge in [-0.1, -0.05) is 18.7 Å². The molecule has 0 fully saturated rings. The van der Waals surface area contributed by atoms with Gasteiger partial charge in [0.25, 0.3) is 0 Å². The number of rotatable bonds is 4. The van der Waals surface area contributed by atoms with Crippen molar-refractivity contribution >= 4 is 16.9 Å². The Kier molecular flexibility index (Phi) is 5.23. The van der Waals surface area contributed by atoms with Gasteiger partial charge in [-0.3, -0.25) is 4.99 Å². The Labute approximate surface area is 84.3 Å². The van der Waals surface area contributed by atoms with Crippen molar-refractivity contribution in [2.75, 3.05) is 32.6 Å². The summed E-state index contributed by atoms with van der Waals surface area (Å²) in [6.07, 6.45) is 1.05. The SMILES string of the molecule is COCCCNC1=NCC(C)CS1. The van der Waals surface area contributed by atoms with Crippen molar-refractivity contribution in [3.8, 4) is 0 Å². The van der Waals surface area contributed by atoms with Crippen LogP contribution < -0.4 is 5.32 Å². The van der Waals surface area contributed by atoms with Gasteiger partial charge in [-0.2, -0.15) is 0 Å². The van der Waals surface area contributed by atoms with E-state index in [9.17, 15) is 0 Å². The summed E-state index contributed by atoms with van der Waals surface area (Å²) < 4.78 is 4.96. The zero-order valence-electron chi connectivity index (χ0n) is 8.38. The molecule has 4 heteroatoms. The number of ether oxygens (including phenoxy) is 1. The lowest BCUT2D eigenvalue weighted by Crippen LogP contribution is -2.27. The van der Waals surface area contributed by atoms with Gasteiger partial charge in [-0.25, -0.2) is 0 Å². The van der Waals surface area contributed by atoms with Crippen LogP contribution in [0.15, 0.2) is 4.99 Å². The van der Waals surface area contributed by atoms with Crippen LogP contribution in [-0.2, 0) is 4.74 Å². The average Bonchev–Trinajstić information content (AvgIpc) is 2.15. The molecule has 0 saturated heterocycles. The monoisotopic (exact) mass is 202 g/mol. The Balaban J connectivity index is 2.08. The van der Waals surface area contributed by atoms with Crippen molar-refractivity contribution in [1.29, 1.82) is 0 Å². The second-order valence-corrected chi connectivity index (χ2v) is 4.34. The van der Waals surface area contributed by atoms with Crippen LogP contribution in [0.25, 0.3) is 0 Å². The molecule has 0 radical (unpaired) electrons. The highest BCUT2D eigenvalue weighted by Crippen LogP contribution is 2.15. The van der Waals surface area contributed by atoms with Crippen LogP contribution >= 0.6 is 11.8 Å². The highest BCUT2D eigenvalue weighted by molar-refractivity contribution is 8.13. The van der Waals surface area contributed by atoms with Crippen molar-refractivity contribution < 1.29 is 4.74 Å². The van der Waals surface area contributed by atoms with Crippen LogP contribution in [-0.4, -0.2) is 37.7 Å². The van der Waals surface area contributed by atoms with Gasteiger partial charge in [0.2, 0.25) is 0 Å². The first-order valence-electron chi connectivity index (χ1n) is 4.73. The predicted octanol–water partition coefficient (Wildman–Crippen LogP) is 1.35. The van der Waals surface area contributed by atoms with Gasteiger partial charge in [-0.15, -0.1) is 0 Å². The maximum atomic E-state index is 4.96. The van der Waals surface area contributed by atoms with Crippen molar-refractivity contribution in [3.05, 3.63) is 0 Å². The average molecular weight is 202 g/mol. The van der Waals surface area contributed by atoms with Crippen LogP contribution in [0.4, 0.5) is 0 Å². The van der Waals surface area contributed by atoms with E-state index in [1.807, 2.05) is 11.8 Å². The Bertz CT molecular complexity index is 173. The lowest BCUT2D eigenvalue weighted by Gasteiger charge is -2.17. The smallest absolute Gasteiger partial charge is 0.156 e. The third-order valence-corrected chi connectivity index (χ3v) is 3.14. The maximum absolute atomic E-state index is 4.96. The highest BCUT2D eigenvalue weighted by atomic mass is 32.2. The molecule has 0 aliphatic carbocycles. The minimum absolute atomic E-state index is 0.731. The van der Waals surface area contributed by atoms with Crippen LogP contribution in [0.1, 0.15) is 13.3 Å². The summed E-state index contributed by atoms with van der Waals surface area (Å²) in [6, 6.07) is 0. The second kappa shape index (κ2) is 6.27. The molecule has 3 nitrogen and oxygen atoms in total. The Hall–Kier alpha value is -0.220. The summed E-state index contributed by atoms with van der Waals surface area (Å²) in [4.78, 5) is 4.44. The van der Waals surface area contributed by atoms with Gasteiger partial charge >= 0.3 is 0 Å². The number of nitrogens with one attached hydrogen (secondary N) is 1. The molecular formula is C9H18N2OS. The first kappa shape index (κ1) is 10.9. The van der Waals surface area contributed by atoms with Gasteiger partial charge in [0.15, 0.2) is 5.17 Å². The van der Waals surface area contributed by atoms with E-state index in [0.29, 0.717) is 0 Å². The van der Waals surface area contributed by atoms with E-state index in [-0.39, 0.29) is 0 Å². The van der Waals surface area contributed by atoms with E-state index in [2.05, 4.69) is 17.2 Å². The van der Waals surface area contributed by atoms with E-state index in [0.717, 1.165) is 37.2 Å². The number of nitrogens with zero attached hydrogens (tertiary/aromatic N) is 1. The number of hydrogen-bond acceptors (Lipinski definition) is 4. The van der Waals surface area contributed by atoms with Crippen molar-refractivity contribution in [1.82, 2.24) is 5.32 Å². The number of thioether (sulfide) groups is 1. The van der Waals surface area contributed by atoms with E-state index in [1.165, 1.54) is 5.75 Å². The molecule has 0 amide bonds. The highest BCUT2D eigenvalue weighted by Gasteiger charge is 2.10. The van der Waals surface area contributed by atoms with Gasteiger partial charge in [0.1, 0.15) is 0 Å². The molecule has 1 rings (SSSR count). The van der Waals surface area contributed by atoms with Crippen molar-refractivity contribution in [2.45, 2.75) is 13.3 Å². The molecule has 0 spiro atoms. The molecule has 1 aliphatic rings.